The number of hydrogen-bond acceptors (Lipinski definition) is 4. The van der Waals surface area contributed by atoms with Crippen LogP contribution in [-0.4, -0.2) is 23.2 Å². The van der Waals surface area contributed by atoms with Crippen molar-refractivity contribution in [3.05, 3.63) is 18.5 Å². The van der Waals surface area contributed by atoms with Crippen LogP contribution in [0.4, 0.5) is 11.4 Å². The van der Waals surface area contributed by atoms with Gasteiger partial charge in [-0.2, -0.15) is 12.6 Å². The molecular weight excluding hydrogens is 210 g/mol. The van der Waals surface area contributed by atoms with Crippen molar-refractivity contribution >= 4 is 29.9 Å². The zero-order chi connectivity index (χ0) is 10.8. The molecule has 0 spiro atoms. The van der Waals surface area contributed by atoms with Gasteiger partial charge in [0.2, 0.25) is 5.91 Å². The van der Waals surface area contributed by atoms with E-state index in [2.05, 4.69) is 17.6 Å². The molecule has 1 aliphatic rings. The summed E-state index contributed by atoms with van der Waals surface area (Å²) in [7, 11) is 0. The number of hydrogen-bond donors (Lipinski definition) is 2. The van der Waals surface area contributed by atoms with Gasteiger partial charge in [-0.1, -0.05) is 0 Å². The van der Waals surface area contributed by atoms with Crippen molar-refractivity contribution in [2.45, 2.75) is 6.42 Å². The average Bonchev–Trinajstić information content (AvgIpc) is 2.60. The lowest BCUT2D eigenvalue weighted by atomic mass is 10.1. The van der Waals surface area contributed by atoms with Crippen molar-refractivity contribution in [1.29, 1.82) is 0 Å². The summed E-state index contributed by atoms with van der Waals surface area (Å²) >= 11 is 4.21. The molecule has 0 bridgehead atoms. The topological polar surface area (TPSA) is 59.2 Å². The van der Waals surface area contributed by atoms with Crippen LogP contribution in [0.2, 0.25) is 0 Å². The number of pyridine rings is 1. The van der Waals surface area contributed by atoms with Gasteiger partial charge in [-0.3, -0.25) is 9.78 Å². The standard InChI is InChI=1S/C10H13N3OS/c11-8-4-12-2-1-9(8)13-5-7(6-15)3-10(13)14/h1-2,4,7,15H,3,5-6,11H2. The summed E-state index contributed by atoms with van der Waals surface area (Å²) < 4.78 is 0. The first kappa shape index (κ1) is 10.3. The molecule has 1 saturated heterocycles. The molecular formula is C10H13N3OS. The average molecular weight is 223 g/mol. The van der Waals surface area contributed by atoms with E-state index in [0.29, 0.717) is 24.6 Å². The van der Waals surface area contributed by atoms with Gasteiger partial charge >= 0.3 is 0 Å². The molecule has 2 rings (SSSR count). The van der Waals surface area contributed by atoms with E-state index in [1.54, 1.807) is 23.4 Å². The number of amides is 1. The zero-order valence-corrected chi connectivity index (χ0v) is 9.15. The molecule has 2 N–H and O–H groups in total. The van der Waals surface area contributed by atoms with Crippen molar-refractivity contribution in [2.24, 2.45) is 5.92 Å². The van der Waals surface area contributed by atoms with Gasteiger partial charge in [0.1, 0.15) is 0 Å². The maximum absolute atomic E-state index is 11.7. The molecule has 0 aliphatic carbocycles. The quantitative estimate of drug-likeness (QED) is 0.734. The Morgan fingerprint density at radius 3 is 3.07 bits per heavy atom. The van der Waals surface area contributed by atoms with Gasteiger partial charge in [-0.25, -0.2) is 0 Å². The second-order valence-corrected chi connectivity index (χ2v) is 4.06. The van der Waals surface area contributed by atoms with Gasteiger partial charge in [-0.15, -0.1) is 0 Å². The molecule has 1 aromatic rings. The number of rotatable bonds is 2. The largest absolute Gasteiger partial charge is 0.396 e. The molecule has 1 amide bonds. The Labute approximate surface area is 93.9 Å². The number of carbonyl (C=O) groups excluding carboxylic acids is 1. The van der Waals surface area contributed by atoms with Crippen molar-refractivity contribution in [3.8, 4) is 0 Å². The van der Waals surface area contributed by atoms with Crippen LogP contribution < -0.4 is 10.6 Å². The highest BCUT2D eigenvalue weighted by Gasteiger charge is 2.30. The molecule has 2 heterocycles. The van der Waals surface area contributed by atoms with Gasteiger partial charge in [0, 0.05) is 19.2 Å². The lowest BCUT2D eigenvalue weighted by Gasteiger charge is -2.17. The predicted octanol–water partition coefficient (Wildman–Crippen LogP) is 0.947. The Morgan fingerprint density at radius 1 is 1.67 bits per heavy atom. The van der Waals surface area contributed by atoms with Crippen LogP contribution in [-0.2, 0) is 4.79 Å². The van der Waals surface area contributed by atoms with E-state index in [1.165, 1.54) is 0 Å². The third-order valence-corrected chi connectivity index (χ3v) is 3.10. The first-order valence-electron chi connectivity index (χ1n) is 4.83. The highest BCUT2D eigenvalue weighted by molar-refractivity contribution is 7.80. The van der Waals surface area contributed by atoms with E-state index in [4.69, 9.17) is 5.73 Å². The molecule has 1 aliphatic heterocycles. The molecule has 0 radical (unpaired) electrons. The predicted molar refractivity (Wildman–Crippen MR) is 63.0 cm³/mol. The van der Waals surface area contributed by atoms with Crippen molar-refractivity contribution in [3.63, 3.8) is 0 Å². The third-order valence-electron chi connectivity index (χ3n) is 2.58. The van der Waals surface area contributed by atoms with Crippen LogP contribution in [0.1, 0.15) is 6.42 Å². The number of thiol groups is 1. The molecule has 5 heteroatoms. The summed E-state index contributed by atoms with van der Waals surface area (Å²) in [6, 6.07) is 1.77. The van der Waals surface area contributed by atoms with Crippen LogP contribution in [0.3, 0.4) is 0 Å². The van der Waals surface area contributed by atoms with E-state index >= 15 is 0 Å². The Hall–Kier alpha value is -1.23. The summed E-state index contributed by atoms with van der Waals surface area (Å²) in [5.41, 5.74) is 7.08. The fraction of sp³-hybridized carbons (Fsp3) is 0.400. The number of nitrogens with zero attached hydrogens (tertiary/aromatic N) is 2. The molecule has 0 aromatic carbocycles. The summed E-state index contributed by atoms with van der Waals surface area (Å²) in [4.78, 5) is 17.3. The van der Waals surface area contributed by atoms with Crippen LogP contribution in [0, 0.1) is 5.92 Å². The fourth-order valence-corrected chi connectivity index (χ4v) is 2.03. The Balaban J connectivity index is 2.25. The van der Waals surface area contributed by atoms with Crippen molar-refractivity contribution in [1.82, 2.24) is 4.98 Å². The third kappa shape index (κ3) is 1.92. The molecule has 1 aromatic heterocycles. The van der Waals surface area contributed by atoms with E-state index in [0.717, 1.165) is 11.4 Å². The van der Waals surface area contributed by atoms with Crippen molar-refractivity contribution in [2.75, 3.05) is 22.9 Å². The van der Waals surface area contributed by atoms with Crippen LogP contribution >= 0.6 is 12.6 Å². The second kappa shape index (κ2) is 4.10. The van der Waals surface area contributed by atoms with Crippen molar-refractivity contribution < 1.29 is 4.79 Å². The van der Waals surface area contributed by atoms with Crippen LogP contribution in [0.5, 0.6) is 0 Å². The molecule has 1 fully saturated rings. The maximum atomic E-state index is 11.7. The molecule has 15 heavy (non-hydrogen) atoms. The zero-order valence-electron chi connectivity index (χ0n) is 8.26. The van der Waals surface area contributed by atoms with Gasteiger partial charge in [-0.05, 0) is 17.7 Å². The minimum atomic E-state index is 0.118. The number of nitrogens with two attached hydrogens (primary N) is 1. The molecule has 1 unspecified atom stereocenters. The number of carbonyl (C=O) groups is 1. The van der Waals surface area contributed by atoms with E-state index in [1.807, 2.05) is 0 Å². The summed E-state index contributed by atoms with van der Waals surface area (Å²) in [5.74, 6) is 1.17. The minimum absolute atomic E-state index is 0.118. The highest BCUT2D eigenvalue weighted by Crippen LogP contribution is 2.29. The fourth-order valence-electron chi connectivity index (χ4n) is 1.78. The Kier molecular flexibility index (Phi) is 2.81. The van der Waals surface area contributed by atoms with Gasteiger partial charge in [0.05, 0.1) is 17.6 Å². The molecule has 0 saturated carbocycles. The van der Waals surface area contributed by atoms with E-state index in [-0.39, 0.29) is 5.91 Å². The maximum Gasteiger partial charge on any atom is 0.227 e. The first-order valence-corrected chi connectivity index (χ1v) is 5.46. The molecule has 80 valence electrons. The highest BCUT2D eigenvalue weighted by atomic mass is 32.1. The number of nitrogen functional groups attached to an aromatic ring is 1. The SMILES string of the molecule is Nc1cnccc1N1CC(CS)CC1=O. The second-order valence-electron chi connectivity index (χ2n) is 3.69. The summed E-state index contributed by atoms with van der Waals surface area (Å²) in [6.45, 7) is 0.705. The molecule has 1 atom stereocenters. The Morgan fingerprint density at radius 2 is 2.47 bits per heavy atom. The lowest BCUT2D eigenvalue weighted by molar-refractivity contribution is -0.117. The van der Waals surface area contributed by atoms with Gasteiger partial charge < -0.3 is 10.6 Å². The molecule has 4 nitrogen and oxygen atoms in total. The Bertz CT molecular complexity index is 383. The first-order chi connectivity index (χ1) is 7.22. The summed E-state index contributed by atoms with van der Waals surface area (Å²) in [6.07, 6.45) is 3.77. The van der Waals surface area contributed by atoms with Crippen LogP contribution in [0.15, 0.2) is 18.5 Å². The van der Waals surface area contributed by atoms with E-state index in [9.17, 15) is 4.79 Å². The smallest absolute Gasteiger partial charge is 0.227 e. The summed E-state index contributed by atoms with van der Waals surface area (Å²) in [5, 5.41) is 0. The van der Waals surface area contributed by atoms with Gasteiger partial charge in [0.25, 0.3) is 0 Å². The van der Waals surface area contributed by atoms with Gasteiger partial charge in [0.15, 0.2) is 0 Å². The normalized spacial score (nSPS) is 21.0. The van der Waals surface area contributed by atoms with Crippen LogP contribution in [0.25, 0.3) is 0 Å². The van der Waals surface area contributed by atoms with E-state index < -0.39 is 0 Å². The minimum Gasteiger partial charge on any atom is -0.396 e. The number of aromatic nitrogens is 1. The number of anilines is 2. The lowest BCUT2D eigenvalue weighted by Crippen LogP contribution is -2.25. The monoisotopic (exact) mass is 223 g/mol.